The number of nitrogens with two attached hydrogens (primary N) is 1. The SMILES string of the molecule is CCC[C@H](CO)Nc1nc(N)nc2ccn(Cc3ccccc3)c12. The largest absolute Gasteiger partial charge is 0.394 e. The molecule has 1 aromatic carbocycles. The number of benzene rings is 1. The van der Waals surface area contributed by atoms with Crippen molar-refractivity contribution < 1.29 is 5.11 Å². The molecule has 0 fully saturated rings. The number of rotatable bonds is 7. The van der Waals surface area contributed by atoms with Gasteiger partial charge >= 0.3 is 0 Å². The minimum atomic E-state index is -0.0485. The van der Waals surface area contributed by atoms with Crippen LogP contribution in [0.3, 0.4) is 0 Å². The molecule has 0 amide bonds. The van der Waals surface area contributed by atoms with Gasteiger partial charge in [0.15, 0.2) is 5.82 Å². The van der Waals surface area contributed by atoms with Crippen LogP contribution in [-0.4, -0.2) is 32.3 Å². The second-order valence-corrected chi connectivity index (χ2v) is 5.91. The Balaban J connectivity index is 1.99. The Morgan fingerprint density at radius 2 is 2.00 bits per heavy atom. The highest BCUT2D eigenvalue weighted by atomic mass is 16.3. The summed E-state index contributed by atoms with van der Waals surface area (Å²) in [6.07, 6.45) is 3.83. The maximum Gasteiger partial charge on any atom is 0.222 e. The summed E-state index contributed by atoms with van der Waals surface area (Å²) in [5.41, 5.74) is 8.75. The summed E-state index contributed by atoms with van der Waals surface area (Å²) >= 11 is 0. The van der Waals surface area contributed by atoms with E-state index < -0.39 is 0 Å². The lowest BCUT2D eigenvalue weighted by atomic mass is 10.2. The third-order valence-electron chi connectivity index (χ3n) is 4.02. The quantitative estimate of drug-likeness (QED) is 0.621. The van der Waals surface area contributed by atoms with Gasteiger partial charge in [-0.05, 0) is 18.1 Å². The molecule has 126 valence electrons. The maximum absolute atomic E-state index is 9.57. The number of fused-ring (bicyclic) bond motifs is 1. The number of hydrogen-bond donors (Lipinski definition) is 3. The smallest absolute Gasteiger partial charge is 0.222 e. The number of aliphatic hydroxyl groups is 1. The van der Waals surface area contributed by atoms with Crippen molar-refractivity contribution in [2.24, 2.45) is 0 Å². The lowest BCUT2D eigenvalue weighted by Crippen LogP contribution is -2.24. The van der Waals surface area contributed by atoms with Crippen molar-refractivity contribution in [1.29, 1.82) is 0 Å². The summed E-state index contributed by atoms with van der Waals surface area (Å²) in [6, 6.07) is 12.1. The molecule has 0 unspecified atom stereocenters. The van der Waals surface area contributed by atoms with E-state index in [-0.39, 0.29) is 18.6 Å². The van der Waals surface area contributed by atoms with Crippen LogP contribution < -0.4 is 11.1 Å². The fourth-order valence-electron chi connectivity index (χ4n) is 2.89. The van der Waals surface area contributed by atoms with Gasteiger partial charge in [0.05, 0.1) is 18.2 Å². The van der Waals surface area contributed by atoms with Crippen LogP contribution >= 0.6 is 0 Å². The van der Waals surface area contributed by atoms with Crippen LogP contribution in [0, 0.1) is 0 Å². The molecule has 0 bridgehead atoms. The molecule has 0 aliphatic heterocycles. The predicted octanol–water partition coefficient (Wildman–Crippen LogP) is 2.63. The average Bonchev–Trinajstić information content (AvgIpc) is 2.98. The van der Waals surface area contributed by atoms with Gasteiger partial charge in [0.25, 0.3) is 0 Å². The number of nitrogens with one attached hydrogen (secondary N) is 1. The first-order valence-electron chi connectivity index (χ1n) is 8.25. The zero-order chi connectivity index (χ0) is 16.9. The summed E-state index contributed by atoms with van der Waals surface area (Å²) in [4.78, 5) is 8.69. The highest BCUT2D eigenvalue weighted by molar-refractivity contribution is 5.87. The fourth-order valence-corrected chi connectivity index (χ4v) is 2.89. The second-order valence-electron chi connectivity index (χ2n) is 5.91. The van der Waals surface area contributed by atoms with E-state index in [2.05, 4.69) is 38.9 Å². The monoisotopic (exact) mass is 325 g/mol. The van der Waals surface area contributed by atoms with E-state index in [0.717, 1.165) is 30.4 Å². The Morgan fingerprint density at radius 3 is 2.71 bits per heavy atom. The van der Waals surface area contributed by atoms with Crippen molar-refractivity contribution in [2.75, 3.05) is 17.7 Å². The van der Waals surface area contributed by atoms with Crippen molar-refractivity contribution >= 4 is 22.8 Å². The first-order chi connectivity index (χ1) is 11.7. The molecule has 2 aromatic heterocycles. The van der Waals surface area contributed by atoms with E-state index in [1.165, 1.54) is 5.56 Å². The Labute approximate surface area is 141 Å². The van der Waals surface area contributed by atoms with E-state index >= 15 is 0 Å². The molecule has 6 nitrogen and oxygen atoms in total. The number of anilines is 2. The molecule has 0 spiro atoms. The van der Waals surface area contributed by atoms with Crippen molar-refractivity contribution in [2.45, 2.75) is 32.4 Å². The van der Waals surface area contributed by atoms with Crippen molar-refractivity contribution in [3.05, 3.63) is 48.2 Å². The Kier molecular flexibility index (Phi) is 4.96. The number of nitrogen functional groups attached to an aromatic ring is 1. The van der Waals surface area contributed by atoms with E-state index in [4.69, 9.17) is 5.73 Å². The van der Waals surface area contributed by atoms with Crippen LogP contribution in [0.1, 0.15) is 25.3 Å². The third-order valence-corrected chi connectivity index (χ3v) is 4.02. The molecule has 1 atom stereocenters. The van der Waals surface area contributed by atoms with Crippen molar-refractivity contribution in [3.8, 4) is 0 Å². The number of nitrogens with zero attached hydrogens (tertiary/aromatic N) is 3. The number of aliphatic hydroxyl groups excluding tert-OH is 1. The van der Waals surface area contributed by atoms with Gasteiger partial charge in [-0.2, -0.15) is 4.98 Å². The molecule has 0 saturated carbocycles. The summed E-state index contributed by atoms with van der Waals surface area (Å²) in [5, 5.41) is 12.9. The molecule has 3 rings (SSSR count). The van der Waals surface area contributed by atoms with Crippen molar-refractivity contribution in [1.82, 2.24) is 14.5 Å². The molecule has 0 saturated heterocycles. The maximum atomic E-state index is 9.57. The van der Waals surface area contributed by atoms with Gasteiger partial charge in [0.1, 0.15) is 5.52 Å². The zero-order valence-corrected chi connectivity index (χ0v) is 13.8. The average molecular weight is 325 g/mol. The molecular weight excluding hydrogens is 302 g/mol. The van der Waals surface area contributed by atoms with Crippen LogP contribution in [0.4, 0.5) is 11.8 Å². The van der Waals surface area contributed by atoms with Gasteiger partial charge in [-0.1, -0.05) is 43.7 Å². The summed E-state index contributed by atoms with van der Waals surface area (Å²) in [6.45, 7) is 2.87. The van der Waals surface area contributed by atoms with E-state index in [9.17, 15) is 5.11 Å². The van der Waals surface area contributed by atoms with E-state index in [1.807, 2.05) is 30.5 Å². The number of aromatic nitrogens is 3. The fraction of sp³-hybridized carbons (Fsp3) is 0.333. The van der Waals surface area contributed by atoms with Gasteiger partial charge in [-0.3, -0.25) is 0 Å². The molecule has 3 aromatic rings. The summed E-state index contributed by atoms with van der Waals surface area (Å²) in [7, 11) is 0. The van der Waals surface area contributed by atoms with E-state index in [0.29, 0.717) is 5.82 Å². The topological polar surface area (TPSA) is 89.0 Å². The Bertz CT molecular complexity index is 800. The van der Waals surface area contributed by atoms with E-state index in [1.54, 1.807) is 0 Å². The molecular formula is C18H23N5O. The van der Waals surface area contributed by atoms with Gasteiger partial charge in [-0.15, -0.1) is 0 Å². The minimum absolute atomic E-state index is 0.0485. The third kappa shape index (κ3) is 3.49. The van der Waals surface area contributed by atoms with Gasteiger partial charge < -0.3 is 20.7 Å². The minimum Gasteiger partial charge on any atom is -0.394 e. The van der Waals surface area contributed by atoms with Crippen LogP contribution in [0.5, 0.6) is 0 Å². The van der Waals surface area contributed by atoms with Gasteiger partial charge in [-0.25, -0.2) is 4.98 Å². The highest BCUT2D eigenvalue weighted by Gasteiger charge is 2.15. The molecule has 0 radical (unpaired) electrons. The van der Waals surface area contributed by atoms with Crippen LogP contribution in [0.2, 0.25) is 0 Å². The van der Waals surface area contributed by atoms with Gasteiger partial charge in [0, 0.05) is 12.7 Å². The summed E-state index contributed by atoms with van der Waals surface area (Å²) < 4.78 is 2.10. The van der Waals surface area contributed by atoms with Crippen molar-refractivity contribution in [3.63, 3.8) is 0 Å². The molecule has 2 heterocycles. The lowest BCUT2D eigenvalue weighted by Gasteiger charge is -2.18. The standard InChI is InChI=1S/C18H23N5O/c1-2-6-14(12-24)20-17-16-15(21-18(19)22-17)9-10-23(16)11-13-7-4-3-5-8-13/h3-5,7-10,14,24H,2,6,11-12H2,1H3,(H3,19,20,21,22)/t14-/m1/s1. The van der Waals surface area contributed by atoms with Gasteiger partial charge in [0.2, 0.25) is 5.95 Å². The molecule has 4 N–H and O–H groups in total. The number of hydrogen-bond acceptors (Lipinski definition) is 5. The Morgan fingerprint density at radius 1 is 1.21 bits per heavy atom. The molecule has 24 heavy (non-hydrogen) atoms. The second kappa shape index (κ2) is 7.31. The van der Waals surface area contributed by atoms with Crippen LogP contribution in [0.15, 0.2) is 42.6 Å². The highest BCUT2D eigenvalue weighted by Crippen LogP contribution is 2.24. The molecule has 0 aliphatic carbocycles. The molecule has 0 aliphatic rings. The zero-order valence-electron chi connectivity index (χ0n) is 13.8. The van der Waals surface area contributed by atoms with Crippen LogP contribution in [0.25, 0.3) is 11.0 Å². The van der Waals surface area contributed by atoms with Crippen LogP contribution in [-0.2, 0) is 6.54 Å². The first kappa shape index (κ1) is 16.3. The predicted molar refractivity (Wildman–Crippen MR) is 96.9 cm³/mol. The summed E-state index contributed by atoms with van der Waals surface area (Å²) in [5.74, 6) is 0.904. The molecule has 6 heteroatoms. The normalized spacial score (nSPS) is 12.4. The lowest BCUT2D eigenvalue weighted by molar-refractivity contribution is 0.268. The first-order valence-corrected chi connectivity index (χ1v) is 8.25. The Hall–Kier alpha value is -2.60.